The summed E-state index contributed by atoms with van der Waals surface area (Å²) in [7, 11) is 1.67. The van der Waals surface area contributed by atoms with Gasteiger partial charge in [-0.25, -0.2) is 4.98 Å². The van der Waals surface area contributed by atoms with E-state index in [2.05, 4.69) is 9.97 Å². The van der Waals surface area contributed by atoms with E-state index in [1.165, 1.54) is 6.42 Å². The number of nitrogens with zero attached hydrogens (tertiary/aromatic N) is 1. The predicted molar refractivity (Wildman–Crippen MR) is 66.3 cm³/mol. The number of ether oxygens (including phenoxy) is 1. The maximum atomic E-state index is 12.0. The van der Waals surface area contributed by atoms with Crippen LogP contribution < -0.4 is 5.56 Å². The van der Waals surface area contributed by atoms with Crippen LogP contribution in [0.25, 0.3) is 0 Å². The van der Waals surface area contributed by atoms with Crippen LogP contribution in [0.1, 0.15) is 43.3 Å². The summed E-state index contributed by atoms with van der Waals surface area (Å²) in [6, 6.07) is 0. The molecule has 0 saturated heterocycles. The molecule has 1 aromatic heterocycles. The largest absolute Gasteiger partial charge is 0.381 e. The lowest BCUT2D eigenvalue weighted by Gasteiger charge is -2.11. The highest BCUT2D eigenvalue weighted by Crippen LogP contribution is 2.16. The molecule has 1 aliphatic rings. The number of methoxy groups -OCH3 is 1. The summed E-state index contributed by atoms with van der Waals surface area (Å²) in [5, 5.41) is 0. The van der Waals surface area contributed by atoms with Crippen LogP contribution in [0, 0.1) is 0 Å². The Hall–Kier alpha value is -1.16. The van der Waals surface area contributed by atoms with E-state index in [0.29, 0.717) is 6.42 Å². The highest BCUT2D eigenvalue weighted by molar-refractivity contribution is 5.19. The van der Waals surface area contributed by atoms with E-state index in [1.807, 2.05) is 6.92 Å². The second-order valence-electron chi connectivity index (χ2n) is 4.75. The van der Waals surface area contributed by atoms with Gasteiger partial charge in [-0.2, -0.15) is 0 Å². The van der Waals surface area contributed by atoms with Crippen molar-refractivity contribution in [3.8, 4) is 0 Å². The van der Waals surface area contributed by atoms with Gasteiger partial charge in [-0.3, -0.25) is 4.79 Å². The van der Waals surface area contributed by atoms with Crippen LogP contribution in [0.15, 0.2) is 4.79 Å². The molecular formula is C13H20N2O2. The molecule has 1 N–H and O–H groups in total. The van der Waals surface area contributed by atoms with E-state index in [1.54, 1.807) is 7.11 Å². The standard InChI is InChI=1S/C13H20N2O2/c1-9(17-2)8-12-14-11-7-5-3-4-6-10(11)13(16)15-12/h9H,3-8H2,1-2H3,(H,14,15,16). The van der Waals surface area contributed by atoms with Crippen molar-refractivity contribution in [1.29, 1.82) is 0 Å². The third-order valence-electron chi connectivity index (χ3n) is 3.37. The summed E-state index contributed by atoms with van der Waals surface area (Å²) in [6.07, 6.45) is 6.00. The molecule has 1 atom stereocenters. The van der Waals surface area contributed by atoms with E-state index in [9.17, 15) is 4.79 Å². The topological polar surface area (TPSA) is 55.0 Å². The molecule has 0 radical (unpaired) electrons. The number of hydrogen-bond acceptors (Lipinski definition) is 3. The first-order chi connectivity index (χ1) is 8.20. The fourth-order valence-electron chi connectivity index (χ4n) is 2.28. The molecule has 0 fully saturated rings. The van der Waals surface area contributed by atoms with Crippen LogP contribution >= 0.6 is 0 Å². The number of rotatable bonds is 3. The Morgan fingerprint density at radius 1 is 1.35 bits per heavy atom. The maximum absolute atomic E-state index is 12.0. The zero-order valence-corrected chi connectivity index (χ0v) is 10.6. The number of aromatic nitrogens is 2. The average Bonchev–Trinajstić information content (AvgIpc) is 2.54. The predicted octanol–water partition coefficient (Wildman–Crippen LogP) is 1.62. The highest BCUT2D eigenvalue weighted by Gasteiger charge is 2.15. The molecular weight excluding hydrogens is 216 g/mol. The van der Waals surface area contributed by atoms with Gasteiger partial charge in [0.25, 0.3) is 5.56 Å². The fraction of sp³-hybridized carbons (Fsp3) is 0.692. The zero-order valence-electron chi connectivity index (χ0n) is 10.6. The Morgan fingerprint density at radius 3 is 2.88 bits per heavy atom. The van der Waals surface area contributed by atoms with Gasteiger partial charge in [-0.05, 0) is 32.6 Å². The summed E-state index contributed by atoms with van der Waals surface area (Å²) in [5.74, 6) is 0.755. The Balaban J connectivity index is 2.29. The highest BCUT2D eigenvalue weighted by atomic mass is 16.5. The Labute approximate surface area is 101 Å². The first-order valence-electron chi connectivity index (χ1n) is 6.34. The molecule has 0 bridgehead atoms. The quantitative estimate of drug-likeness (QED) is 0.811. The van der Waals surface area contributed by atoms with E-state index in [-0.39, 0.29) is 11.7 Å². The lowest BCUT2D eigenvalue weighted by Crippen LogP contribution is -2.22. The zero-order chi connectivity index (χ0) is 12.3. The fourth-order valence-corrected chi connectivity index (χ4v) is 2.28. The lowest BCUT2D eigenvalue weighted by molar-refractivity contribution is 0.117. The molecule has 4 heteroatoms. The van der Waals surface area contributed by atoms with Crippen LogP contribution in [0.4, 0.5) is 0 Å². The van der Waals surface area contributed by atoms with Crippen molar-refractivity contribution in [2.45, 2.75) is 51.6 Å². The second-order valence-corrected chi connectivity index (χ2v) is 4.75. The smallest absolute Gasteiger partial charge is 0.254 e. The average molecular weight is 236 g/mol. The number of aryl methyl sites for hydroxylation is 1. The number of nitrogens with one attached hydrogen (secondary N) is 1. The van der Waals surface area contributed by atoms with E-state index in [0.717, 1.165) is 42.8 Å². The van der Waals surface area contributed by atoms with Gasteiger partial charge in [0, 0.05) is 19.1 Å². The molecule has 1 unspecified atom stereocenters. The molecule has 0 aromatic carbocycles. The van der Waals surface area contributed by atoms with E-state index in [4.69, 9.17) is 4.74 Å². The van der Waals surface area contributed by atoms with Crippen LogP contribution in [0.5, 0.6) is 0 Å². The van der Waals surface area contributed by atoms with Gasteiger partial charge in [-0.15, -0.1) is 0 Å². The van der Waals surface area contributed by atoms with Gasteiger partial charge in [-0.1, -0.05) is 6.42 Å². The minimum absolute atomic E-state index is 0.0511. The molecule has 17 heavy (non-hydrogen) atoms. The van der Waals surface area contributed by atoms with Crippen molar-refractivity contribution >= 4 is 0 Å². The van der Waals surface area contributed by atoms with Crippen LogP contribution in [-0.2, 0) is 24.0 Å². The summed E-state index contributed by atoms with van der Waals surface area (Å²) in [4.78, 5) is 19.4. The van der Waals surface area contributed by atoms with Gasteiger partial charge in [0.1, 0.15) is 5.82 Å². The first kappa shape index (κ1) is 12.3. The molecule has 0 amide bonds. The minimum atomic E-state index is 0.0511. The van der Waals surface area contributed by atoms with Gasteiger partial charge in [0.05, 0.1) is 11.8 Å². The Morgan fingerprint density at radius 2 is 2.12 bits per heavy atom. The first-order valence-corrected chi connectivity index (χ1v) is 6.34. The normalized spacial score (nSPS) is 17.3. The molecule has 0 spiro atoms. The molecule has 1 heterocycles. The summed E-state index contributed by atoms with van der Waals surface area (Å²) in [6.45, 7) is 1.98. The second kappa shape index (κ2) is 5.45. The van der Waals surface area contributed by atoms with E-state index < -0.39 is 0 Å². The third kappa shape index (κ3) is 2.94. The van der Waals surface area contributed by atoms with Crippen molar-refractivity contribution in [3.05, 3.63) is 27.4 Å². The monoisotopic (exact) mass is 236 g/mol. The van der Waals surface area contributed by atoms with Gasteiger partial charge in [0.15, 0.2) is 0 Å². The van der Waals surface area contributed by atoms with Crippen LogP contribution in [0.2, 0.25) is 0 Å². The number of hydrogen-bond donors (Lipinski definition) is 1. The van der Waals surface area contributed by atoms with Crippen molar-refractivity contribution in [2.24, 2.45) is 0 Å². The molecule has 1 aliphatic carbocycles. The lowest BCUT2D eigenvalue weighted by atomic mass is 10.1. The Bertz CT molecular complexity index is 440. The number of fused-ring (bicyclic) bond motifs is 1. The van der Waals surface area contributed by atoms with Crippen molar-refractivity contribution in [3.63, 3.8) is 0 Å². The van der Waals surface area contributed by atoms with Crippen molar-refractivity contribution in [2.75, 3.05) is 7.11 Å². The minimum Gasteiger partial charge on any atom is -0.381 e. The molecule has 2 rings (SSSR count). The molecule has 4 nitrogen and oxygen atoms in total. The third-order valence-corrected chi connectivity index (χ3v) is 3.37. The number of aromatic amines is 1. The van der Waals surface area contributed by atoms with Gasteiger partial charge < -0.3 is 9.72 Å². The number of H-pyrrole nitrogens is 1. The molecule has 0 saturated carbocycles. The molecule has 0 aliphatic heterocycles. The van der Waals surface area contributed by atoms with Crippen LogP contribution in [-0.4, -0.2) is 23.2 Å². The molecule has 94 valence electrons. The Kier molecular flexibility index (Phi) is 3.94. The summed E-state index contributed by atoms with van der Waals surface area (Å²) < 4.78 is 5.20. The maximum Gasteiger partial charge on any atom is 0.254 e. The molecule has 1 aromatic rings. The van der Waals surface area contributed by atoms with Crippen molar-refractivity contribution in [1.82, 2.24) is 9.97 Å². The van der Waals surface area contributed by atoms with Crippen LogP contribution in [0.3, 0.4) is 0 Å². The summed E-state index contributed by atoms with van der Waals surface area (Å²) >= 11 is 0. The van der Waals surface area contributed by atoms with Gasteiger partial charge in [0.2, 0.25) is 0 Å². The summed E-state index contributed by atoms with van der Waals surface area (Å²) in [5.41, 5.74) is 1.95. The van der Waals surface area contributed by atoms with Crippen molar-refractivity contribution < 1.29 is 4.74 Å². The van der Waals surface area contributed by atoms with Gasteiger partial charge >= 0.3 is 0 Å². The van der Waals surface area contributed by atoms with E-state index >= 15 is 0 Å². The SMILES string of the molecule is COC(C)Cc1nc2c(c(=O)[nH]1)CCCCC2.